The molecule has 0 aromatic rings. The van der Waals surface area contributed by atoms with E-state index in [-0.39, 0.29) is 12.5 Å². The van der Waals surface area contributed by atoms with Crippen molar-refractivity contribution in [1.29, 1.82) is 0 Å². The van der Waals surface area contributed by atoms with Crippen molar-refractivity contribution in [3.05, 3.63) is 0 Å². The van der Waals surface area contributed by atoms with E-state index in [1.165, 1.54) is 4.90 Å². The molecule has 1 saturated heterocycles. The molecule has 1 aliphatic rings. The number of carboxylic acids is 1. The van der Waals surface area contributed by atoms with Crippen LogP contribution in [0.5, 0.6) is 0 Å². The number of rotatable bonds is 3. The number of hydrogen-bond acceptors (Lipinski definition) is 3. The van der Waals surface area contributed by atoms with E-state index in [0.717, 1.165) is 6.42 Å². The average molecular weight is 228 g/mol. The van der Waals surface area contributed by atoms with Gasteiger partial charge in [-0.3, -0.25) is 4.79 Å². The van der Waals surface area contributed by atoms with E-state index in [1.54, 1.807) is 20.8 Å². The second-order valence-corrected chi connectivity index (χ2v) is 5.23. The number of amides is 1. The molecule has 1 heterocycles. The van der Waals surface area contributed by atoms with Gasteiger partial charge in [-0.15, -0.1) is 0 Å². The van der Waals surface area contributed by atoms with Gasteiger partial charge in [0.1, 0.15) is 5.54 Å². The van der Waals surface area contributed by atoms with E-state index in [1.807, 2.05) is 0 Å². The zero-order valence-electron chi connectivity index (χ0n) is 10.1. The maximum atomic E-state index is 12.2. The Labute approximate surface area is 95.6 Å². The number of nitrogens with zero attached hydrogens (tertiary/aromatic N) is 1. The monoisotopic (exact) mass is 228 g/mol. The number of carbonyl (C=O) groups is 2. The fourth-order valence-corrected chi connectivity index (χ4v) is 1.96. The first-order valence-corrected chi connectivity index (χ1v) is 5.51. The highest BCUT2D eigenvalue weighted by molar-refractivity contribution is 5.90. The Hall–Kier alpha value is -1.10. The fourth-order valence-electron chi connectivity index (χ4n) is 1.96. The molecule has 5 heteroatoms. The minimum absolute atomic E-state index is 0.169. The van der Waals surface area contributed by atoms with Crippen LogP contribution in [-0.4, -0.2) is 40.5 Å². The molecule has 0 aromatic carbocycles. The molecule has 3 N–H and O–H groups in total. The Morgan fingerprint density at radius 1 is 1.50 bits per heavy atom. The van der Waals surface area contributed by atoms with Gasteiger partial charge in [-0.05, 0) is 33.6 Å². The third-order valence-corrected chi connectivity index (χ3v) is 3.44. The van der Waals surface area contributed by atoms with Gasteiger partial charge in [0.25, 0.3) is 0 Å². The van der Waals surface area contributed by atoms with Crippen LogP contribution in [0.3, 0.4) is 0 Å². The van der Waals surface area contributed by atoms with Gasteiger partial charge in [0, 0.05) is 13.1 Å². The van der Waals surface area contributed by atoms with Gasteiger partial charge >= 0.3 is 5.97 Å². The molecule has 1 rings (SSSR count). The Balaban J connectivity index is 2.97. The van der Waals surface area contributed by atoms with Crippen molar-refractivity contribution in [1.82, 2.24) is 4.90 Å². The standard InChI is InChI=1S/C11H20N2O3/c1-10(2,7-12)8(14)13-6-4-5-11(13,3)9(15)16/h4-7,12H2,1-3H3,(H,15,16). The topological polar surface area (TPSA) is 83.6 Å². The van der Waals surface area contributed by atoms with Gasteiger partial charge in [0.15, 0.2) is 0 Å². The lowest BCUT2D eigenvalue weighted by Gasteiger charge is -2.36. The molecular formula is C11H20N2O3. The SMILES string of the molecule is CC(C)(CN)C(=O)N1CCCC1(C)C(=O)O. The number of carbonyl (C=O) groups excluding carboxylic acids is 1. The second kappa shape index (κ2) is 4.05. The summed E-state index contributed by atoms with van der Waals surface area (Å²) in [7, 11) is 0. The molecule has 1 unspecified atom stereocenters. The number of nitrogens with two attached hydrogens (primary N) is 1. The highest BCUT2D eigenvalue weighted by Crippen LogP contribution is 2.33. The maximum absolute atomic E-state index is 12.2. The molecule has 16 heavy (non-hydrogen) atoms. The van der Waals surface area contributed by atoms with Crippen LogP contribution in [0.15, 0.2) is 0 Å². The zero-order valence-corrected chi connectivity index (χ0v) is 10.1. The van der Waals surface area contributed by atoms with Crippen LogP contribution >= 0.6 is 0 Å². The van der Waals surface area contributed by atoms with Crippen LogP contribution in [0.4, 0.5) is 0 Å². The zero-order chi connectivity index (χ0) is 12.6. The van der Waals surface area contributed by atoms with Crippen LogP contribution in [0.2, 0.25) is 0 Å². The van der Waals surface area contributed by atoms with Gasteiger partial charge in [-0.1, -0.05) is 0 Å². The number of aliphatic carboxylic acids is 1. The normalized spacial score (nSPS) is 25.9. The number of carboxylic acid groups (broad SMARTS) is 1. The summed E-state index contributed by atoms with van der Waals surface area (Å²) in [6, 6.07) is 0. The lowest BCUT2D eigenvalue weighted by atomic mass is 9.89. The van der Waals surface area contributed by atoms with Gasteiger partial charge in [0.05, 0.1) is 5.41 Å². The predicted molar refractivity (Wildman–Crippen MR) is 59.8 cm³/mol. The Morgan fingerprint density at radius 3 is 2.50 bits per heavy atom. The molecular weight excluding hydrogens is 208 g/mol. The second-order valence-electron chi connectivity index (χ2n) is 5.23. The molecule has 0 aromatic heterocycles. The van der Waals surface area contributed by atoms with Crippen molar-refractivity contribution in [2.24, 2.45) is 11.1 Å². The van der Waals surface area contributed by atoms with Crippen LogP contribution in [0.25, 0.3) is 0 Å². The average Bonchev–Trinajstić information content (AvgIpc) is 2.60. The predicted octanol–water partition coefficient (Wildman–Crippen LogP) is 0.437. The van der Waals surface area contributed by atoms with Gasteiger partial charge < -0.3 is 15.7 Å². The molecule has 1 amide bonds. The largest absolute Gasteiger partial charge is 0.480 e. The first-order valence-electron chi connectivity index (χ1n) is 5.51. The van der Waals surface area contributed by atoms with E-state index < -0.39 is 16.9 Å². The minimum Gasteiger partial charge on any atom is -0.480 e. The first kappa shape index (κ1) is 13.0. The van der Waals surface area contributed by atoms with Crippen LogP contribution in [-0.2, 0) is 9.59 Å². The highest BCUT2D eigenvalue weighted by Gasteiger charge is 2.48. The Kier molecular flexibility index (Phi) is 3.28. The molecule has 92 valence electrons. The highest BCUT2D eigenvalue weighted by atomic mass is 16.4. The van der Waals surface area contributed by atoms with Gasteiger partial charge in [0.2, 0.25) is 5.91 Å². The van der Waals surface area contributed by atoms with Crippen LogP contribution in [0.1, 0.15) is 33.6 Å². The van der Waals surface area contributed by atoms with E-state index in [9.17, 15) is 14.7 Å². The molecule has 0 spiro atoms. The van der Waals surface area contributed by atoms with Crippen molar-refractivity contribution in [3.8, 4) is 0 Å². The lowest BCUT2D eigenvalue weighted by molar-refractivity contribution is -0.158. The third kappa shape index (κ3) is 1.91. The van der Waals surface area contributed by atoms with E-state index in [0.29, 0.717) is 13.0 Å². The number of likely N-dealkylation sites (tertiary alicyclic amines) is 1. The molecule has 0 aliphatic carbocycles. The summed E-state index contributed by atoms with van der Waals surface area (Å²) in [5, 5.41) is 9.21. The van der Waals surface area contributed by atoms with Crippen molar-refractivity contribution in [3.63, 3.8) is 0 Å². The molecule has 5 nitrogen and oxygen atoms in total. The molecule has 1 atom stereocenters. The van der Waals surface area contributed by atoms with Crippen LogP contribution < -0.4 is 5.73 Å². The van der Waals surface area contributed by atoms with Gasteiger partial charge in [-0.2, -0.15) is 0 Å². The quantitative estimate of drug-likeness (QED) is 0.734. The van der Waals surface area contributed by atoms with E-state index in [4.69, 9.17) is 5.73 Å². The van der Waals surface area contributed by atoms with Crippen molar-refractivity contribution in [2.45, 2.75) is 39.2 Å². The van der Waals surface area contributed by atoms with Gasteiger partial charge in [-0.25, -0.2) is 4.79 Å². The first-order chi connectivity index (χ1) is 7.25. The molecule has 0 bridgehead atoms. The van der Waals surface area contributed by atoms with Crippen molar-refractivity contribution < 1.29 is 14.7 Å². The van der Waals surface area contributed by atoms with Crippen molar-refractivity contribution in [2.75, 3.05) is 13.1 Å². The summed E-state index contributed by atoms with van der Waals surface area (Å²) in [5.74, 6) is -1.11. The Morgan fingerprint density at radius 2 is 2.06 bits per heavy atom. The fraction of sp³-hybridized carbons (Fsp3) is 0.818. The van der Waals surface area contributed by atoms with Crippen LogP contribution in [0, 0.1) is 5.41 Å². The molecule has 1 fully saturated rings. The summed E-state index contributed by atoms with van der Waals surface area (Å²) in [6.07, 6.45) is 1.24. The summed E-state index contributed by atoms with van der Waals surface area (Å²) < 4.78 is 0. The third-order valence-electron chi connectivity index (χ3n) is 3.44. The van der Waals surface area contributed by atoms with E-state index in [2.05, 4.69) is 0 Å². The molecule has 0 saturated carbocycles. The Bertz CT molecular complexity index is 314. The molecule has 0 radical (unpaired) electrons. The minimum atomic E-state index is -1.07. The summed E-state index contributed by atoms with van der Waals surface area (Å²) in [6.45, 7) is 5.82. The molecule has 1 aliphatic heterocycles. The van der Waals surface area contributed by atoms with E-state index >= 15 is 0 Å². The lowest BCUT2D eigenvalue weighted by Crippen LogP contribution is -2.55. The summed E-state index contributed by atoms with van der Waals surface area (Å²) >= 11 is 0. The maximum Gasteiger partial charge on any atom is 0.329 e. The number of hydrogen-bond donors (Lipinski definition) is 2. The van der Waals surface area contributed by atoms with Crippen molar-refractivity contribution >= 4 is 11.9 Å². The smallest absolute Gasteiger partial charge is 0.329 e. The summed E-state index contributed by atoms with van der Waals surface area (Å²) in [4.78, 5) is 24.9. The summed E-state index contributed by atoms with van der Waals surface area (Å²) in [5.41, 5.74) is 3.79.